The van der Waals surface area contributed by atoms with E-state index in [0.717, 1.165) is 36.8 Å². The van der Waals surface area contributed by atoms with Crippen molar-refractivity contribution < 1.29 is 13.2 Å². The predicted molar refractivity (Wildman–Crippen MR) is 86.5 cm³/mol. The average Bonchev–Trinajstić information content (AvgIpc) is 2.94. The molecule has 0 atom stereocenters. The maximum atomic E-state index is 12.2. The van der Waals surface area contributed by atoms with Gasteiger partial charge < -0.3 is 5.32 Å². The van der Waals surface area contributed by atoms with E-state index >= 15 is 0 Å². The van der Waals surface area contributed by atoms with Crippen LogP contribution in [0, 0.1) is 5.41 Å². The van der Waals surface area contributed by atoms with Crippen molar-refractivity contribution in [1.82, 2.24) is 10.0 Å². The highest BCUT2D eigenvalue weighted by atomic mass is 32.2. The van der Waals surface area contributed by atoms with Crippen LogP contribution in [0.15, 0.2) is 24.3 Å². The van der Waals surface area contributed by atoms with Gasteiger partial charge in [0.05, 0.1) is 5.75 Å². The standard InChI is InChI=1S/C16H24N2O3S/c1-16(9-3-4-10-16)15(19)18-11-13-5-7-14(8-6-13)12-22(20,21)17-2/h5-8,17H,3-4,9-12H2,1-2H3,(H,18,19). The molecule has 5 nitrogen and oxygen atoms in total. The van der Waals surface area contributed by atoms with E-state index in [1.54, 1.807) is 12.1 Å². The fraction of sp³-hybridized carbons (Fsp3) is 0.562. The smallest absolute Gasteiger partial charge is 0.226 e. The Bertz CT molecular complexity index is 617. The highest BCUT2D eigenvalue weighted by molar-refractivity contribution is 7.88. The molecule has 0 heterocycles. The Kier molecular flexibility index (Phi) is 5.24. The Balaban J connectivity index is 1.90. The Morgan fingerprint density at radius 3 is 2.23 bits per heavy atom. The fourth-order valence-corrected chi connectivity index (χ4v) is 3.60. The normalized spacial score (nSPS) is 17.4. The molecule has 0 spiro atoms. The fourth-order valence-electron chi connectivity index (χ4n) is 2.82. The number of hydrogen-bond acceptors (Lipinski definition) is 3. The van der Waals surface area contributed by atoms with E-state index < -0.39 is 10.0 Å². The summed E-state index contributed by atoms with van der Waals surface area (Å²) in [5.41, 5.74) is 1.48. The van der Waals surface area contributed by atoms with Crippen LogP contribution in [0.3, 0.4) is 0 Å². The van der Waals surface area contributed by atoms with E-state index in [1.807, 2.05) is 19.1 Å². The SMILES string of the molecule is CNS(=O)(=O)Cc1ccc(CNC(=O)C2(C)CCCC2)cc1. The van der Waals surface area contributed by atoms with Crippen LogP contribution in [0.2, 0.25) is 0 Å². The zero-order valence-electron chi connectivity index (χ0n) is 13.2. The summed E-state index contributed by atoms with van der Waals surface area (Å²) in [6, 6.07) is 7.29. The summed E-state index contributed by atoms with van der Waals surface area (Å²) in [6.07, 6.45) is 4.16. The van der Waals surface area contributed by atoms with Crippen molar-refractivity contribution in [3.8, 4) is 0 Å². The first-order chi connectivity index (χ1) is 10.3. The van der Waals surface area contributed by atoms with E-state index in [2.05, 4.69) is 10.0 Å². The first-order valence-electron chi connectivity index (χ1n) is 7.62. The number of carbonyl (C=O) groups is 1. The third kappa shape index (κ3) is 4.30. The molecule has 6 heteroatoms. The minimum absolute atomic E-state index is 0.0335. The molecule has 1 aromatic rings. The lowest BCUT2D eigenvalue weighted by Crippen LogP contribution is -2.36. The van der Waals surface area contributed by atoms with Gasteiger partial charge in [0.15, 0.2) is 0 Å². The predicted octanol–water partition coefficient (Wildman–Crippen LogP) is 1.93. The second-order valence-electron chi connectivity index (χ2n) is 6.23. The number of carbonyl (C=O) groups excluding carboxylic acids is 1. The molecule has 1 amide bonds. The minimum Gasteiger partial charge on any atom is -0.352 e. The van der Waals surface area contributed by atoms with Crippen LogP contribution in [0.1, 0.15) is 43.7 Å². The summed E-state index contributed by atoms with van der Waals surface area (Å²) >= 11 is 0. The molecular weight excluding hydrogens is 300 g/mol. The lowest BCUT2D eigenvalue weighted by Gasteiger charge is -2.22. The van der Waals surface area contributed by atoms with Gasteiger partial charge in [-0.15, -0.1) is 0 Å². The molecule has 0 aliphatic heterocycles. The lowest BCUT2D eigenvalue weighted by molar-refractivity contribution is -0.130. The van der Waals surface area contributed by atoms with E-state index in [0.29, 0.717) is 6.54 Å². The van der Waals surface area contributed by atoms with Crippen molar-refractivity contribution in [1.29, 1.82) is 0 Å². The second kappa shape index (κ2) is 6.79. The monoisotopic (exact) mass is 324 g/mol. The van der Waals surface area contributed by atoms with Gasteiger partial charge in [-0.25, -0.2) is 13.1 Å². The molecule has 1 aliphatic carbocycles. The summed E-state index contributed by atoms with van der Waals surface area (Å²) in [4.78, 5) is 12.2. The molecule has 2 N–H and O–H groups in total. The van der Waals surface area contributed by atoms with E-state index in [1.165, 1.54) is 7.05 Å². The van der Waals surface area contributed by atoms with Crippen LogP contribution < -0.4 is 10.0 Å². The molecule has 1 saturated carbocycles. The molecule has 22 heavy (non-hydrogen) atoms. The minimum atomic E-state index is -3.25. The second-order valence-corrected chi connectivity index (χ2v) is 8.16. The molecule has 1 aliphatic rings. The number of amides is 1. The highest BCUT2D eigenvalue weighted by Crippen LogP contribution is 2.37. The largest absolute Gasteiger partial charge is 0.352 e. The molecule has 2 rings (SSSR count). The Labute approximate surface area is 132 Å². The van der Waals surface area contributed by atoms with Crippen LogP contribution in [0.5, 0.6) is 0 Å². The van der Waals surface area contributed by atoms with Crippen molar-refractivity contribution in [3.63, 3.8) is 0 Å². The van der Waals surface area contributed by atoms with Gasteiger partial charge in [-0.3, -0.25) is 4.79 Å². The Morgan fingerprint density at radius 2 is 1.68 bits per heavy atom. The van der Waals surface area contributed by atoms with E-state index in [-0.39, 0.29) is 17.1 Å². The van der Waals surface area contributed by atoms with Crippen LogP contribution in [-0.4, -0.2) is 21.4 Å². The number of hydrogen-bond donors (Lipinski definition) is 2. The van der Waals surface area contributed by atoms with Gasteiger partial charge in [0.2, 0.25) is 15.9 Å². The van der Waals surface area contributed by atoms with Gasteiger partial charge in [0.1, 0.15) is 0 Å². The van der Waals surface area contributed by atoms with Gasteiger partial charge in [0, 0.05) is 12.0 Å². The van der Waals surface area contributed by atoms with Gasteiger partial charge in [-0.1, -0.05) is 44.0 Å². The van der Waals surface area contributed by atoms with Crippen molar-refractivity contribution in [3.05, 3.63) is 35.4 Å². The first kappa shape index (κ1) is 17.0. The van der Waals surface area contributed by atoms with Crippen LogP contribution >= 0.6 is 0 Å². The number of nitrogens with one attached hydrogen (secondary N) is 2. The molecule has 1 aromatic carbocycles. The lowest BCUT2D eigenvalue weighted by atomic mass is 9.88. The summed E-state index contributed by atoms with van der Waals surface area (Å²) in [5.74, 6) is 0.0839. The van der Waals surface area contributed by atoms with Crippen molar-refractivity contribution >= 4 is 15.9 Å². The highest BCUT2D eigenvalue weighted by Gasteiger charge is 2.35. The van der Waals surface area contributed by atoms with Crippen molar-refractivity contribution in [2.75, 3.05) is 7.05 Å². The molecule has 0 saturated heterocycles. The number of sulfonamides is 1. The van der Waals surface area contributed by atoms with Crippen LogP contribution in [0.25, 0.3) is 0 Å². The number of benzene rings is 1. The quantitative estimate of drug-likeness (QED) is 0.839. The average molecular weight is 324 g/mol. The van der Waals surface area contributed by atoms with Gasteiger partial charge in [0.25, 0.3) is 0 Å². The molecule has 0 aromatic heterocycles. The zero-order chi connectivity index (χ0) is 16.2. The number of rotatable bonds is 6. The van der Waals surface area contributed by atoms with E-state index in [9.17, 15) is 13.2 Å². The molecule has 1 fully saturated rings. The summed E-state index contributed by atoms with van der Waals surface area (Å²) in [5, 5.41) is 2.99. The Hall–Kier alpha value is -1.40. The molecule has 122 valence electrons. The van der Waals surface area contributed by atoms with Crippen LogP contribution in [-0.2, 0) is 27.1 Å². The third-order valence-electron chi connectivity index (χ3n) is 4.40. The van der Waals surface area contributed by atoms with Gasteiger partial charge in [-0.05, 0) is 31.0 Å². The Morgan fingerprint density at radius 1 is 1.14 bits per heavy atom. The summed E-state index contributed by atoms with van der Waals surface area (Å²) in [7, 11) is -1.84. The summed E-state index contributed by atoms with van der Waals surface area (Å²) in [6.45, 7) is 2.51. The maximum absolute atomic E-state index is 12.2. The maximum Gasteiger partial charge on any atom is 0.226 e. The van der Waals surface area contributed by atoms with Crippen LogP contribution in [0.4, 0.5) is 0 Å². The van der Waals surface area contributed by atoms with Crippen molar-refractivity contribution in [2.24, 2.45) is 5.41 Å². The molecular formula is C16H24N2O3S. The molecule has 0 bridgehead atoms. The summed E-state index contributed by atoms with van der Waals surface area (Å²) < 4.78 is 25.3. The van der Waals surface area contributed by atoms with Gasteiger partial charge >= 0.3 is 0 Å². The van der Waals surface area contributed by atoms with Gasteiger partial charge in [-0.2, -0.15) is 0 Å². The topological polar surface area (TPSA) is 75.3 Å². The third-order valence-corrected chi connectivity index (χ3v) is 5.73. The van der Waals surface area contributed by atoms with E-state index in [4.69, 9.17) is 0 Å². The van der Waals surface area contributed by atoms with Crippen molar-refractivity contribution in [2.45, 2.75) is 44.9 Å². The first-order valence-corrected chi connectivity index (χ1v) is 9.27. The molecule has 0 unspecified atom stereocenters. The zero-order valence-corrected chi connectivity index (χ0v) is 14.0. The molecule has 0 radical (unpaired) electrons.